The first kappa shape index (κ1) is 17.6. The summed E-state index contributed by atoms with van der Waals surface area (Å²) in [6.07, 6.45) is 5.53. The number of benzene rings is 1. The molecule has 4 nitrogen and oxygen atoms in total. The van der Waals surface area contributed by atoms with E-state index in [0.717, 1.165) is 31.2 Å². The van der Waals surface area contributed by atoms with Crippen molar-refractivity contribution in [3.05, 3.63) is 35.9 Å². The minimum atomic E-state index is -3.23. The highest BCUT2D eigenvalue weighted by Crippen LogP contribution is 2.24. The van der Waals surface area contributed by atoms with E-state index < -0.39 is 20.8 Å². The number of nitrogens with one attached hydrogen (secondary N) is 1. The smallest absolute Gasteiger partial charge is 0.211 e. The maximum Gasteiger partial charge on any atom is 0.211 e. The molecule has 1 fully saturated rings. The van der Waals surface area contributed by atoms with E-state index in [1.165, 1.54) is 6.42 Å². The Morgan fingerprint density at radius 2 is 1.77 bits per heavy atom. The maximum atomic E-state index is 12.0. The SMILES string of the molecule is O=S(CCNS(=O)(=O)CC1CCCCC1)Cc1ccccc1. The van der Waals surface area contributed by atoms with Crippen LogP contribution in [0.25, 0.3) is 0 Å². The molecule has 0 bridgehead atoms. The molecule has 1 aromatic rings. The fourth-order valence-corrected chi connectivity index (χ4v) is 5.52. The highest BCUT2D eigenvalue weighted by Gasteiger charge is 2.21. The topological polar surface area (TPSA) is 63.2 Å². The van der Waals surface area contributed by atoms with Gasteiger partial charge in [0.05, 0.1) is 5.75 Å². The van der Waals surface area contributed by atoms with Gasteiger partial charge in [0.25, 0.3) is 0 Å². The lowest BCUT2D eigenvalue weighted by atomic mass is 9.91. The molecule has 1 aromatic carbocycles. The van der Waals surface area contributed by atoms with Crippen LogP contribution in [0.15, 0.2) is 30.3 Å². The third-order valence-electron chi connectivity index (χ3n) is 4.00. The minimum absolute atomic E-state index is 0.221. The predicted molar refractivity (Wildman–Crippen MR) is 91.5 cm³/mol. The molecule has 1 atom stereocenters. The van der Waals surface area contributed by atoms with Crippen LogP contribution in [0, 0.1) is 5.92 Å². The van der Waals surface area contributed by atoms with Crippen molar-refractivity contribution < 1.29 is 12.6 Å². The Hall–Kier alpha value is -0.720. The molecular formula is C16H25NO3S2. The standard InChI is InChI=1S/C16H25NO3S2/c18-21(13-15-7-3-1-4-8-15)12-11-17-22(19,20)14-16-9-5-2-6-10-16/h1,3-4,7-8,16-17H,2,5-6,9-14H2. The predicted octanol–water partition coefficient (Wildman–Crippen LogP) is 2.43. The zero-order valence-electron chi connectivity index (χ0n) is 12.9. The first-order chi connectivity index (χ1) is 10.6. The Morgan fingerprint density at radius 1 is 1.09 bits per heavy atom. The molecule has 2 rings (SSSR count). The largest absolute Gasteiger partial charge is 0.259 e. The average molecular weight is 344 g/mol. The van der Waals surface area contributed by atoms with Gasteiger partial charge in [-0.2, -0.15) is 0 Å². The van der Waals surface area contributed by atoms with Crippen molar-refractivity contribution in [1.29, 1.82) is 0 Å². The maximum absolute atomic E-state index is 12.0. The minimum Gasteiger partial charge on any atom is -0.259 e. The fourth-order valence-electron chi connectivity index (χ4n) is 2.87. The van der Waals surface area contributed by atoms with Crippen LogP contribution in [0.3, 0.4) is 0 Å². The summed E-state index contributed by atoms with van der Waals surface area (Å²) in [6.45, 7) is 0.258. The zero-order chi connectivity index (χ0) is 15.8. The van der Waals surface area contributed by atoms with Gasteiger partial charge in [0, 0.05) is 28.9 Å². The summed E-state index contributed by atoms with van der Waals surface area (Å²) >= 11 is 0. The molecule has 124 valence electrons. The summed E-state index contributed by atoms with van der Waals surface area (Å²) < 4.78 is 38.6. The molecule has 0 aromatic heterocycles. The van der Waals surface area contributed by atoms with E-state index in [1.807, 2.05) is 30.3 Å². The van der Waals surface area contributed by atoms with E-state index in [4.69, 9.17) is 0 Å². The Balaban J connectivity index is 1.69. The van der Waals surface area contributed by atoms with Crippen molar-refractivity contribution in [2.24, 2.45) is 5.92 Å². The first-order valence-electron chi connectivity index (χ1n) is 7.91. The molecule has 0 amide bonds. The van der Waals surface area contributed by atoms with Crippen molar-refractivity contribution in [3.8, 4) is 0 Å². The summed E-state index contributed by atoms with van der Waals surface area (Å²) in [7, 11) is -4.27. The van der Waals surface area contributed by atoms with Gasteiger partial charge in [0.1, 0.15) is 0 Å². The summed E-state index contributed by atoms with van der Waals surface area (Å²) in [5, 5.41) is 0. The molecule has 0 radical (unpaired) electrons. The first-order valence-corrected chi connectivity index (χ1v) is 11.1. The Morgan fingerprint density at radius 3 is 2.45 bits per heavy atom. The Kier molecular flexibility index (Phi) is 7.05. The van der Waals surface area contributed by atoms with Crippen molar-refractivity contribution in [1.82, 2.24) is 4.72 Å². The summed E-state index contributed by atoms with van der Waals surface area (Å²) in [5.41, 5.74) is 1.02. The third-order valence-corrected chi connectivity index (χ3v) is 6.87. The molecule has 1 unspecified atom stereocenters. The number of sulfonamides is 1. The van der Waals surface area contributed by atoms with E-state index >= 15 is 0 Å². The van der Waals surface area contributed by atoms with Gasteiger partial charge in [-0.1, -0.05) is 49.6 Å². The molecule has 0 heterocycles. The second-order valence-electron chi connectivity index (χ2n) is 5.95. The lowest BCUT2D eigenvalue weighted by Crippen LogP contribution is -2.33. The van der Waals surface area contributed by atoms with Gasteiger partial charge >= 0.3 is 0 Å². The molecule has 6 heteroatoms. The van der Waals surface area contributed by atoms with Crippen molar-refractivity contribution in [3.63, 3.8) is 0 Å². The highest BCUT2D eigenvalue weighted by atomic mass is 32.2. The van der Waals surface area contributed by atoms with Crippen LogP contribution in [0.1, 0.15) is 37.7 Å². The van der Waals surface area contributed by atoms with Gasteiger partial charge in [-0.25, -0.2) is 13.1 Å². The average Bonchev–Trinajstić information content (AvgIpc) is 2.48. The molecule has 1 saturated carbocycles. The fraction of sp³-hybridized carbons (Fsp3) is 0.625. The van der Waals surface area contributed by atoms with Crippen LogP contribution in [-0.4, -0.2) is 30.7 Å². The van der Waals surface area contributed by atoms with Crippen LogP contribution in [0.4, 0.5) is 0 Å². The van der Waals surface area contributed by atoms with Gasteiger partial charge in [0.15, 0.2) is 0 Å². The molecule has 0 saturated heterocycles. The van der Waals surface area contributed by atoms with Crippen molar-refractivity contribution in [2.75, 3.05) is 18.1 Å². The molecular weight excluding hydrogens is 318 g/mol. The van der Waals surface area contributed by atoms with Gasteiger partial charge in [-0.05, 0) is 24.3 Å². The monoisotopic (exact) mass is 343 g/mol. The van der Waals surface area contributed by atoms with Crippen LogP contribution in [0.5, 0.6) is 0 Å². The normalized spacial score (nSPS) is 18.2. The van der Waals surface area contributed by atoms with Gasteiger partial charge < -0.3 is 0 Å². The molecule has 0 aliphatic heterocycles. The number of rotatable bonds is 8. The van der Waals surface area contributed by atoms with E-state index in [0.29, 0.717) is 17.4 Å². The molecule has 1 aliphatic carbocycles. The van der Waals surface area contributed by atoms with Crippen molar-refractivity contribution >= 4 is 20.8 Å². The second-order valence-corrected chi connectivity index (χ2v) is 9.38. The number of hydrogen-bond donors (Lipinski definition) is 1. The third kappa shape index (κ3) is 6.58. The number of hydrogen-bond acceptors (Lipinski definition) is 3. The lowest BCUT2D eigenvalue weighted by molar-refractivity contribution is 0.384. The second kappa shape index (κ2) is 8.79. The quantitative estimate of drug-likeness (QED) is 0.788. The van der Waals surface area contributed by atoms with Gasteiger partial charge in [-0.3, -0.25) is 4.21 Å². The molecule has 1 aliphatic rings. The van der Waals surface area contributed by atoms with Gasteiger partial charge in [0.2, 0.25) is 10.0 Å². The van der Waals surface area contributed by atoms with Crippen molar-refractivity contribution in [2.45, 2.75) is 37.9 Å². The lowest BCUT2D eigenvalue weighted by Gasteiger charge is -2.21. The van der Waals surface area contributed by atoms with E-state index in [2.05, 4.69) is 4.72 Å². The summed E-state index contributed by atoms with van der Waals surface area (Å²) in [4.78, 5) is 0. The van der Waals surface area contributed by atoms with Crippen LogP contribution in [-0.2, 0) is 26.6 Å². The van der Waals surface area contributed by atoms with Crippen LogP contribution in [0.2, 0.25) is 0 Å². The Labute approximate surface area is 136 Å². The van der Waals surface area contributed by atoms with E-state index in [9.17, 15) is 12.6 Å². The Bertz CT molecular complexity index is 566. The van der Waals surface area contributed by atoms with Crippen LogP contribution < -0.4 is 4.72 Å². The van der Waals surface area contributed by atoms with Crippen LogP contribution >= 0.6 is 0 Å². The summed E-state index contributed by atoms with van der Waals surface area (Å²) in [5.74, 6) is 1.35. The van der Waals surface area contributed by atoms with Gasteiger partial charge in [-0.15, -0.1) is 0 Å². The molecule has 1 N–H and O–H groups in total. The molecule has 0 spiro atoms. The van der Waals surface area contributed by atoms with E-state index in [1.54, 1.807) is 0 Å². The zero-order valence-corrected chi connectivity index (χ0v) is 14.5. The van der Waals surface area contributed by atoms with E-state index in [-0.39, 0.29) is 12.3 Å². The summed E-state index contributed by atoms with van der Waals surface area (Å²) in [6, 6.07) is 9.63. The molecule has 22 heavy (non-hydrogen) atoms. The highest BCUT2D eigenvalue weighted by molar-refractivity contribution is 7.89.